The number of carbonyl (C=O) groups is 1. The average Bonchev–Trinajstić information content (AvgIpc) is 3.05. The summed E-state index contributed by atoms with van der Waals surface area (Å²) in [6.45, 7) is 0. The van der Waals surface area contributed by atoms with E-state index in [1.807, 2.05) is 6.07 Å². The lowest BCUT2D eigenvalue weighted by Crippen LogP contribution is -2.16. The first-order valence-electron chi connectivity index (χ1n) is 7.33. The third kappa shape index (κ3) is 2.79. The highest BCUT2D eigenvalue weighted by atomic mass is 32.1. The van der Waals surface area contributed by atoms with Crippen molar-refractivity contribution in [3.63, 3.8) is 0 Å². The number of anilines is 1. The van der Waals surface area contributed by atoms with Gasteiger partial charge < -0.3 is 5.73 Å². The number of allylic oxidation sites excluding steroid dienone is 5. The summed E-state index contributed by atoms with van der Waals surface area (Å²) < 4.78 is 1.45. The Morgan fingerprint density at radius 3 is 2.68 bits per heavy atom. The molecular formula is C17H11N5O2S. The van der Waals surface area contributed by atoms with Crippen LogP contribution < -0.4 is 11.3 Å². The molecule has 0 unspecified atom stereocenters. The number of fused-ring (bicyclic) bond motifs is 1. The summed E-state index contributed by atoms with van der Waals surface area (Å²) in [5, 5.41) is 5.11. The van der Waals surface area contributed by atoms with Crippen LogP contribution in [0, 0.1) is 0 Å². The van der Waals surface area contributed by atoms with Crippen molar-refractivity contribution in [1.29, 1.82) is 0 Å². The number of hydrogen-bond acceptors (Lipinski definition) is 7. The van der Waals surface area contributed by atoms with Crippen LogP contribution in [0.4, 0.5) is 5.82 Å². The van der Waals surface area contributed by atoms with E-state index < -0.39 is 5.56 Å². The first-order chi connectivity index (χ1) is 12.1. The van der Waals surface area contributed by atoms with E-state index in [1.165, 1.54) is 28.0 Å². The number of aromatic nitrogens is 4. The lowest BCUT2D eigenvalue weighted by atomic mass is 10.1. The molecular weight excluding hydrogens is 338 g/mol. The molecule has 3 heterocycles. The molecule has 2 N–H and O–H groups in total. The van der Waals surface area contributed by atoms with Gasteiger partial charge in [0.25, 0.3) is 5.56 Å². The SMILES string of the molecule is Nc1c(C=C2C=CC(=O)C=C2)c(=O)nc2sc(-c3cccnc3)nn12. The number of nitrogens with two attached hydrogens (primary N) is 1. The number of carbonyl (C=O) groups excluding carboxylic acids is 1. The van der Waals surface area contributed by atoms with Gasteiger partial charge in [-0.2, -0.15) is 14.6 Å². The molecule has 7 nitrogen and oxygen atoms in total. The van der Waals surface area contributed by atoms with Crippen LogP contribution in [-0.4, -0.2) is 25.4 Å². The summed E-state index contributed by atoms with van der Waals surface area (Å²) in [6, 6.07) is 3.68. The van der Waals surface area contributed by atoms with Gasteiger partial charge in [-0.25, -0.2) is 0 Å². The summed E-state index contributed by atoms with van der Waals surface area (Å²) in [6.07, 6.45) is 11.1. The standard InChI is InChI=1S/C17H11N5O2S/c18-14-13(8-10-3-5-12(23)6-4-10)15(24)20-17-22(14)21-16(25-17)11-2-1-7-19-9-11/h1-9H,18H2. The Morgan fingerprint density at radius 2 is 1.96 bits per heavy atom. The maximum absolute atomic E-state index is 12.3. The lowest BCUT2D eigenvalue weighted by molar-refractivity contribution is -0.110. The Bertz CT molecular complexity index is 1120. The topological polar surface area (TPSA) is 103 Å². The minimum atomic E-state index is -0.440. The second-order valence-electron chi connectivity index (χ2n) is 5.27. The summed E-state index contributed by atoms with van der Waals surface area (Å²) in [4.78, 5) is 32.1. The van der Waals surface area contributed by atoms with Crippen LogP contribution in [0.2, 0.25) is 0 Å². The molecule has 122 valence electrons. The molecule has 1 aliphatic carbocycles. The monoisotopic (exact) mass is 349 g/mol. The normalized spacial score (nSPS) is 13.6. The molecule has 3 aromatic heterocycles. The van der Waals surface area contributed by atoms with E-state index in [0.29, 0.717) is 15.5 Å². The van der Waals surface area contributed by atoms with E-state index in [1.54, 1.807) is 36.7 Å². The molecule has 0 bridgehead atoms. The molecule has 0 atom stereocenters. The highest BCUT2D eigenvalue weighted by molar-refractivity contribution is 7.19. The van der Waals surface area contributed by atoms with Crippen LogP contribution in [0.1, 0.15) is 5.56 Å². The van der Waals surface area contributed by atoms with Crippen molar-refractivity contribution in [3.05, 3.63) is 70.3 Å². The van der Waals surface area contributed by atoms with Crippen LogP contribution in [-0.2, 0) is 4.79 Å². The Balaban J connectivity index is 1.86. The van der Waals surface area contributed by atoms with E-state index in [4.69, 9.17) is 5.73 Å². The summed E-state index contributed by atoms with van der Waals surface area (Å²) in [5.74, 6) is 0.101. The van der Waals surface area contributed by atoms with Crippen LogP contribution in [0.15, 0.2) is 59.2 Å². The van der Waals surface area contributed by atoms with Crippen molar-refractivity contribution in [2.24, 2.45) is 0 Å². The Labute approximate surface area is 145 Å². The third-order valence-corrected chi connectivity index (χ3v) is 4.55. The van der Waals surface area contributed by atoms with Crippen molar-refractivity contribution in [3.8, 4) is 10.6 Å². The van der Waals surface area contributed by atoms with Gasteiger partial charge in [-0.05, 0) is 35.9 Å². The highest BCUT2D eigenvalue weighted by Gasteiger charge is 2.14. The number of pyridine rings is 1. The second kappa shape index (κ2) is 5.91. The largest absolute Gasteiger partial charge is 0.383 e. The smallest absolute Gasteiger partial charge is 0.283 e. The molecule has 0 radical (unpaired) electrons. The van der Waals surface area contributed by atoms with Crippen LogP contribution in [0.3, 0.4) is 0 Å². The first kappa shape index (κ1) is 15.2. The highest BCUT2D eigenvalue weighted by Crippen LogP contribution is 2.26. The Hall–Kier alpha value is -3.39. The summed E-state index contributed by atoms with van der Waals surface area (Å²) >= 11 is 1.26. The number of nitrogen functional groups attached to an aromatic ring is 1. The minimum Gasteiger partial charge on any atom is -0.383 e. The van der Waals surface area contributed by atoms with Gasteiger partial charge in [-0.1, -0.05) is 23.5 Å². The zero-order valence-electron chi connectivity index (χ0n) is 12.8. The van der Waals surface area contributed by atoms with Crippen molar-refractivity contribution in [2.75, 3.05) is 5.73 Å². The maximum atomic E-state index is 12.3. The molecule has 0 aromatic carbocycles. The number of hydrogen-bond donors (Lipinski definition) is 1. The molecule has 4 rings (SSSR count). The van der Waals surface area contributed by atoms with Gasteiger partial charge in [0.05, 0.1) is 5.56 Å². The van der Waals surface area contributed by atoms with Crippen LogP contribution in [0.25, 0.3) is 21.6 Å². The molecule has 0 fully saturated rings. The Morgan fingerprint density at radius 1 is 1.16 bits per heavy atom. The van der Waals surface area contributed by atoms with Gasteiger partial charge in [0, 0.05) is 18.0 Å². The van der Waals surface area contributed by atoms with E-state index >= 15 is 0 Å². The fraction of sp³-hybridized carbons (Fsp3) is 0. The van der Waals surface area contributed by atoms with Gasteiger partial charge in [0.15, 0.2) is 5.78 Å². The Kier molecular flexibility index (Phi) is 3.58. The fourth-order valence-corrected chi connectivity index (χ4v) is 3.24. The van der Waals surface area contributed by atoms with E-state index in [-0.39, 0.29) is 17.2 Å². The molecule has 0 saturated carbocycles. The number of ketones is 1. The molecule has 0 saturated heterocycles. The third-order valence-electron chi connectivity index (χ3n) is 3.59. The van der Waals surface area contributed by atoms with Gasteiger partial charge in [0.2, 0.25) is 4.96 Å². The molecule has 0 amide bonds. The molecule has 0 aliphatic heterocycles. The van der Waals surface area contributed by atoms with Crippen LogP contribution >= 0.6 is 11.3 Å². The molecule has 25 heavy (non-hydrogen) atoms. The maximum Gasteiger partial charge on any atom is 0.283 e. The van der Waals surface area contributed by atoms with Gasteiger partial charge in [-0.3, -0.25) is 14.6 Å². The molecule has 0 spiro atoms. The summed E-state index contributed by atoms with van der Waals surface area (Å²) in [7, 11) is 0. The predicted molar refractivity (Wildman–Crippen MR) is 96.0 cm³/mol. The number of nitrogens with zero attached hydrogens (tertiary/aromatic N) is 4. The minimum absolute atomic E-state index is 0.101. The first-order valence-corrected chi connectivity index (χ1v) is 8.15. The molecule has 3 aromatic rings. The molecule has 8 heteroatoms. The summed E-state index contributed by atoms with van der Waals surface area (Å²) in [5.41, 5.74) is 7.45. The van der Waals surface area contributed by atoms with Crippen molar-refractivity contribution < 1.29 is 4.79 Å². The second-order valence-corrected chi connectivity index (χ2v) is 6.23. The average molecular weight is 349 g/mol. The van der Waals surface area contributed by atoms with Crippen molar-refractivity contribution >= 4 is 34.0 Å². The van der Waals surface area contributed by atoms with Gasteiger partial charge in [0.1, 0.15) is 10.8 Å². The van der Waals surface area contributed by atoms with Gasteiger partial charge >= 0.3 is 0 Å². The zero-order valence-corrected chi connectivity index (χ0v) is 13.6. The molecule has 1 aliphatic rings. The lowest BCUT2D eigenvalue weighted by Gasteiger charge is -2.03. The van der Waals surface area contributed by atoms with Crippen LogP contribution in [0.5, 0.6) is 0 Å². The van der Waals surface area contributed by atoms with E-state index in [2.05, 4.69) is 15.1 Å². The van der Waals surface area contributed by atoms with Crippen molar-refractivity contribution in [1.82, 2.24) is 19.6 Å². The quantitative estimate of drug-likeness (QED) is 0.757. The van der Waals surface area contributed by atoms with Crippen molar-refractivity contribution in [2.45, 2.75) is 0 Å². The number of rotatable bonds is 2. The van der Waals surface area contributed by atoms with Gasteiger partial charge in [-0.15, -0.1) is 0 Å². The predicted octanol–water partition coefficient (Wildman–Crippen LogP) is 1.87. The zero-order chi connectivity index (χ0) is 17.4. The van der Waals surface area contributed by atoms with E-state index in [9.17, 15) is 9.59 Å². The fourth-order valence-electron chi connectivity index (χ4n) is 2.35. The van der Waals surface area contributed by atoms with E-state index in [0.717, 1.165) is 5.56 Å².